The molecule has 0 aromatic heterocycles. The number of amides is 1. The van der Waals surface area contributed by atoms with Gasteiger partial charge in [-0.2, -0.15) is 0 Å². The summed E-state index contributed by atoms with van der Waals surface area (Å²) in [5.74, 6) is 0.317. The summed E-state index contributed by atoms with van der Waals surface area (Å²) < 4.78 is 11.6. The second-order valence-corrected chi connectivity index (χ2v) is 8.55. The average Bonchev–Trinajstić information content (AvgIpc) is 3.36. The maximum atomic E-state index is 12.8. The molecule has 0 bridgehead atoms. The molecule has 5 heteroatoms. The van der Waals surface area contributed by atoms with Crippen molar-refractivity contribution < 1.29 is 14.3 Å². The van der Waals surface area contributed by atoms with Crippen molar-refractivity contribution in [2.75, 3.05) is 26.3 Å². The predicted molar refractivity (Wildman–Crippen MR) is 109 cm³/mol. The van der Waals surface area contributed by atoms with Crippen LogP contribution in [0.4, 0.5) is 0 Å². The van der Waals surface area contributed by atoms with Crippen LogP contribution in [-0.4, -0.2) is 55.0 Å². The minimum atomic E-state index is -0.356. The Bertz CT molecular complexity index is 635. The molecule has 0 unspecified atom stereocenters. The lowest BCUT2D eigenvalue weighted by atomic mass is 9.87. The van der Waals surface area contributed by atoms with Crippen LogP contribution in [0.25, 0.3) is 0 Å². The van der Waals surface area contributed by atoms with Crippen molar-refractivity contribution in [3.63, 3.8) is 0 Å². The third-order valence-corrected chi connectivity index (χ3v) is 6.82. The van der Waals surface area contributed by atoms with E-state index in [9.17, 15) is 4.79 Å². The first kappa shape index (κ1) is 19.9. The van der Waals surface area contributed by atoms with Gasteiger partial charge in [0.1, 0.15) is 0 Å². The summed E-state index contributed by atoms with van der Waals surface area (Å²) >= 11 is 0. The number of hydrogen-bond acceptors (Lipinski definition) is 4. The van der Waals surface area contributed by atoms with Gasteiger partial charge < -0.3 is 14.8 Å². The summed E-state index contributed by atoms with van der Waals surface area (Å²) in [5.41, 5.74) is 1.40. The molecule has 1 saturated carbocycles. The van der Waals surface area contributed by atoms with E-state index in [2.05, 4.69) is 47.5 Å². The Morgan fingerprint density at radius 2 is 1.89 bits per heavy atom. The van der Waals surface area contributed by atoms with Crippen LogP contribution in [0.2, 0.25) is 0 Å². The highest BCUT2D eigenvalue weighted by atomic mass is 16.7. The lowest BCUT2D eigenvalue weighted by Crippen LogP contribution is -2.48. The number of carbonyl (C=O) groups excluding carboxylic acids is 1. The fourth-order valence-electron chi connectivity index (χ4n) is 5.38. The molecule has 1 aliphatic carbocycles. The van der Waals surface area contributed by atoms with E-state index in [0.717, 1.165) is 38.6 Å². The van der Waals surface area contributed by atoms with Crippen molar-refractivity contribution in [1.82, 2.24) is 10.2 Å². The quantitative estimate of drug-likeness (QED) is 0.814. The molecule has 2 heterocycles. The number of nitrogens with zero attached hydrogens (tertiary/aromatic N) is 1. The van der Waals surface area contributed by atoms with E-state index in [4.69, 9.17) is 9.47 Å². The van der Waals surface area contributed by atoms with E-state index in [1.54, 1.807) is 0 Å². The van der Waals surface area contributed by atoms with Crippen LogP contribution in [0.5, 0.6) is 0 Å². The van der Waals surface area contributed by atoms with E-state index in [1.165, 1.54) is 18.4 Å². The van der Waals surface area contributed by atoms with Crippen LogP contribution >= 0.6 is 0 Å². The van der Waals surface area contributed by atoms with Gasteiger partial charge in [0.25, 0.3) is 0 Å². The number of benzene rings is 1. The standard InChI is InChI=1S/C23H34N2O3/c1-2-20(18-7-4-3-5-8-18)21-9-6-14-25(21)17-22(26)24-19-10-12-23(13-11-19)27-15-16-28-23/h3-5,7-8,19-21H,2,6,9-17H2,1H3,(H,24,26)/t20-,21+/m1/s1. The van der Waals surface area contributed by atoms with E-state index in [-0.39, 0.29) is 17.7 Å². The molecule has 28 heavy (non-hydrogen) atoms. The van der Waals surface area contributed by atoms with Gasteiger partial charge >= 0.3 is 0 Å². The first-order valence-corrected chi connectivity index (χ1v) is 11.1. The number of ether oxygens (including phenoxy) is 2. The average molecular weight is 387 g/mol. The molecule has 1 N–H and O–H groups in total. The topological polar surface area (TPSA) is 50.8 Å². The van der Waals surface area contributed by atoms with E-state index in [1.807, 2.05) is 0 Å². The normalized spacial score (nSPS) is 26.5. The molecular weight excluding hydrogens is 352 g/mol. The fraction of sp³-hybridized carbons (Fsp3) is 0.696. The maximum Gasteiger partial charge on any atom is 0.234 e. The zero-order chi connectivity index (χ0) is 19.4. The molecule has 1 aromatic carbocycles. The molecule has 1 aromatic rings. The Labute approximate surface area is 168 Å². The smallest absolute Gasteiger partial charge is 0.234 e. The molecule has 5 nitrogen and oxygen atoms in total. The molecule has 2 saturated heterocycles. The summed E-state index contributed by atoms with van der Waals surface area (Å²) in [7, 11) is 0. The third-order valence-electron chi connectivity index (χ3n) is 6.82. The van der Waals surface area contributed by atoms with Crippen molar-refractivity contribution in [3.05, 3.63) is 35.9 Å². The van der Waals surface area contributed by atoms with Crippen molar-refractivity contribution in [2.24, 2.45) is 0 Å². The summed E-state index contributed by atoms with van der Waals surface area (Å²) in [6.07, 6.45) is 7.13. The zero-order valence-corrected chi connectivity index (χ0v) is 17.1. The van der Waals surface area contributed by atoms with Gasteiger partial charge in [0.15, 0.2) is 5.79 Å². The fourth-order valence-corrected chi connectivity index (χ4v) is 5.38. The summed E-state index contributed by atoms with van der Waals surface area (Å²) in [6, 6.07) is 11.5. The molecule has 0 radical (unpaired) electrons. The van der Waals surface area contributed by atoms with Crippen LogP contribution < -0.4 is 5.32 Å². The van der Waals surface area contributed by atoms with E-state index < -0.39 is 0 Å². The number of likely N-dealkylation sites (tertiary alicyclic amines) is 1. The maximum absolute atomic E-state index is 12.8. The minimum Gasteiger partial charge on any atom is -0.352 e. The van der Waals surface area contributed by atoms with Crippen molar-refractivity contribution in [2.45, 2.75) is 75.7 Å². The van der Waals surface area contributed by atoms with Gasteiger partial charge in [-0.3, -0.25) is 9.69 Å². The van der Waals surface area contributed by atoms with Crippen molar-refractivity contribution in [3.8, 4) is 0 Å². The van der Waals surface area contributed by atoms with E-state index in [0.29, 0.717) is 31.7 Å². The number of carbonyl (C=O) groups is 1. The third kappa shape index (κ3) is 4.42. The van der Waals surface area contributed by atoms with Gasteiger partial charge in [-0.1, -0.05) is 37.3 Å². The van der Waals surface area contributed by atoms with Crippen LogP contribution in [0.15, 0.2) is 30.3 Å². The van der Waals surface area contributed by atoms with Gasteiger partial charge in [-0.25, -0.2) is 0 Å². The predicted octanol–water partition coefficient (Wildman–Crippen LogP) is 3.45. The molecule has 2 atom stereocenters. The second-order valence-electron chi connectivity index (χ2n) is 8.55. The van der Waals surface area contributed by atoms with Gasteiger partial charge in [-0.05, 0) is 50.1 Å². The van der Waals surface area contributed by atoms with Crippen LogP contribution in [0, 0.1) is 0 Å². The molecule has 2 aliphatic heterocycles. The monoisotopic (exact) mass is 386 g/mol. The van der Waals surface area contributed by atoms with Gasteiger partial charge in [0.2, 0.25) is 5.91 Å². The zero-order valence-electron chi connectivity index (χ0n) is 17.1. The van der Waals surface area contributed by atoms with Crippen molar-refractivity contribution >= 4 is 5.91 Å². The van der Waals surface area contributed by atoms with Gasteiger partial charge in [0, 0.05) is 24.9 Å². The number of rotatable bonds is 6. The van der Waals surface area contributed by atoms with E-state index >= 15 is 0 Å². The first-order chi connectivity index (χ1) is 13.7. The molecule has 4 rings (SSSR count). The molecule has 1 spiro atoms. The summed E-state index contributed by atoms with van der Waals surface area (Å²) in [4.78, 5) is 15.2. The minimum absolute atomic E-state index is 0.170. The van der Waals surface area contributed by atoms with Crippen LogP contribution in [0.1, 0.15) is 63.4 Å². The highest BCUT2D eigenvalue weighted by Crippen LogP contribution is 2.36. The van der Waals surface area contributed by atoms with Gasteiger partial charge in [0.05, 0.1) is 19.8 Å². The molecule has 3 aliphatic rings. The van der Waals surface area contributed by atoms with Gasteiger partial charge in [-0.15, -0.1) is 0 Å². The largest absolute Gasteiger partial charge is 0.352 e. The number of hydrogen-bond donors (Lipinski definition) is 1. The SMILES string of the molecule is CC[C@H](c1ccccc1)[C@@H]1CCCN1CC(=O)NC1CCC2(CC1)OCCO2. The second kappa shape index (κ2) is 8.93. The number of nitrogens with one attached hydrogen (secondary N) is 1. The Kier molecular flexibility index (Phi) is 6.34. The van der Waals surface area contributed by atoms with Crippen molar-refractivity contribution in [1.29, 1.82) is 0 Å². The summed E-state index contributed by atoms with van der Waals surface area (Å²) in [5, 5.41) is 3.28. The van der Waals surface area contributed by atoms with Crippen LogP contribution in [-0.2, 0) is 14.3 Å². The highest BCUT2D eigenvalue weighted by molar-refractivity contribution is 5.78. The molecule has 154 valence electrons. The summed E-state index contributed by atoms with van der Waals surface area (Å²) in [6.45, 7) is 5.21. The molecule has 3 fully saturated rings. The molecule has 1 amide bonds. The Balaban J connectivity index is 1.30. The molecular formula is C23H34N2O3. The lowest BCUT2D eigenvalue weighted by Gasteiger charge is -2.36. The first-order valence-electron chi connectivity index (χ1n) is 11.1. The van der Waals surface area contributed by atoms with Crippen LogP contribution in [0.3, 0.4) is 0 Å². The Morgan fingerprint density at radius 1 is 1.18 bits per heavy atom. The Morgan fingerprint density at radius 3 is 2.57 bits per heavy atom. The Hall–Kier alpha value is -1.43. The lowest BCUT2D eigenvalue weighted by molar-refractivity contribution is -0.180. The highest BCUT2D eigenvalue weighted by Gasteiger charge is 2.41.